The first-order valence-electron chi connectivity index (χ1n) is 6.02. The number of rotatable bonds is 4. The normalized spacial score (nSPS) is 10.7. The van der Waals surface area contributed by atoms with E-state index in [-0.39, 0.29) is 0 Å². The molecule has 1 aromatic carbocycles. The molecule has 0 saturated heterocycles. The van der Waals surface area contributed by atoms with Gasteiger partial charge in [-0.15, -0.1) is 22.7 Å². The van der Waals surface area contributed by atoms with Gasteiger partial charge in [0.05, 0.1) is 5.69 Å². The van der Waals surface area contributed by atoms with E-state index in [1.165, 1.54) is 15.3 Å². The smallest absolute Gasteiger partial charge is 0.0502 e. The van der Waals surface area contributed by atoms with Crippen molar-refractivity contribution in [2.75, 3.05) is 5.32 Å². The molecular formula is C15H11BrClNS2. The van der Waals surface area contributed by atoms with Gasteiger partial charge in [-0.25, -0.2) is 0 Å². The third-order valence-corrected chi connectivity index (χ3v) is 5.62. The van der Waals surface area contributed by atoms with E-state index >= 15 is 0 Å². The van der Waals surface area contributed by atoms with Gasteiger partial charge in [0.15, 0.2) is 0 Å². The lowest BCUT2D eigenvalue weighted by Gasteiger charge is -2.07. The highest BCUT2D eigenvalue weighted by Crippen LogP contribution is 2.31. The molecule has 0 bridgehead atoms. The summed E-state index contributed by atoms with van der Waals surface area (Å²) in [5.41, 5.74) is 2.32. The molecule has 0 aliphatic heterocycles. The second-order valence-corrected chi connectivity index (χ2v) is 7.49. The number of thiophene rings is 2. The molecule has 2 heterocycles. The maximum Gasteiger partial charge on any atom is 0.0502 e. The predicted octanol–water partition coefficient (Wildman–Crippen LogP) is 6.50. The van der Waals surface area contributed by atoms with Crippen LogP contribution in [0.3, 0.4) is 0 Å². The highest BCUT2D eigenvalue weighted by atomic mass is 79.9. The molecule has 0 atom stereocenters. The monoisotopic (exact) mass is 383 g/mol. The van der Waals surface area contributed by atoms with Gasteiger partial charge in [0, 0.05) is 31.4 Å². The summed E-state index contributed by atoms with van der Waals surface area (Å²) >= 11 is 13.1. The number of benzene rings is 1. The largest absolute Gasteiger partial charge is 0.379 e. The third-order valence-electron chi connectivity index (χ3n) is 2.84. The summed E-state index contributed by atoms with van der Waals surface area (Å²) in [6.07, 6.45) is 0. The van der Waals surface area contributed by atoms with E-state index in [2.05, 4.69) is 50.2 Å². The Morgan fingerprint density at radius 2 is 2.05 bits per heavy atom. The lowest BCUT2D eigenvalue weighted by molar-refractivity contribution is 1.19. The lowest BCUT2D eigenvalue weighted by Crippen LogP contribution is -1.97. The van der Waals surface area contributed by atoms with E-state index in [4.69, 9.17) is 11.6 Å². The Balaban J connectivity index is 1.71. The van der Waals surface area contributed by atoms with Crippen LogP contribution in [0, 0.1) is 0 Å². The highest BCUT2D eigenvalue weighted by molar-refractivity contribution is 9.10. The van der Waals surface area contributed by atoms with Crippen molar-refractivity contribution < 1.29 is 0 Å². The Morgan fingerprint density at radius 1 is 1.15 bits per heavy atom. The molecule has 3 rings (SSSR count). The first-order chi connectivity index (χ1) is 9.72. The van der Waals surface area contributed by atoms with Gasteiger partial charge in [-0.3, -0.25) is 0 Å². The van der Waals surface area contributed by atoms with Crippen LogP contribution in [0.25, 0.3) is 10.4 Å². The summed E-state index contributed by atoms with van der Waals surface area (Å²) in [5, 5.41) is 8.46. The van der Waals surface area contributed by atoms with Crippen LogP contribution in [-0.4, -0.2) is 0 Å². The number of hydrogen-bond donors (Lipinski definition) is 1. The van der Waals surface area contributed by atoms with Gasteiger partial charge < -0.3 is 5.32 Å². The van der Waals surface area contributed by atoms with Crippen LogP contribution in [0.1, 0.15) is 4.88 Å². The minimum atomic E-state index is 0.737. The Kier molecular flexibility index (Phi) is 4.46. The summed E-state index contributed by atoms with van der Waals surface area (Å²) in [7, 11) is 0. The van der Waals surface area contributed by atoms with Crippen molar-refractivity contribution in [2.45, 2.75) is 6.54 Å². The van der Waals surface area contributed by atoms with Crippen molar-refractivity contribution in [1.82, 2.24) is 0 Å². The van der Waals surface area contributed by atoms with Crippen molar-refractivity contribution in [2.24, 2.45) is 0 Å². The van der Waals surface area contributed by atoms with Gasteiger partial charge in [-0.2, -0.15) is 0 Å². The number of nitrogens with one attached hydrogen (secondary N) is 1. The molecule has 2 aromatic heterocycles. The summed E-state index contributed by atoms with van der Waals surface area (Å²) < 4.78 is 1.02. The molecule has 1 N–H and O–H groups in total. The van der Waals surface area contributed by atoms with Crippen molar-refractivity contribution in [3.05, 3.63) is 61.5 Å². The van der Waals surface area contributed by atoms with E-state index in [0.717, 1.165) is 21.7 Å². The van der Waals surface area contributed by atoms with Crippen molar-refractivity contribution in [3.8, 4) is 10.4 Å². The maximum absolute atomic E-state index is 6.01. The molecular weight excluding hydrogens is 374 g/mol. The molecule has 0 saturated carbocycles. The number of anilines is 1. The molecule has 0 aliphatic carbocycles. The topological polar surface area (TPSA) is 12.0 Å². The van der Waals surface area contributed by atoms with E-state index in [1.807, 2.05) is 18.2 Å². The molecule has 0 spiro atoms. The molecule has 0 aliphatic rings. The van der Waals surface area contributed by atoms with Crippen molar-refractivity contribution in [1.29, 1.82) is 0 Å². The minimum absolute atomic E-state index is 0.737. The molecule has 3 aromatic rings. The van der Waals surface area contributed by atoms with E-state index in [1.54, 1.807) is 22.7 Å². The molecule has 0 unspecified atom stereocenters. The van der Waals surface area contributed by atoms with Crippen LogP contribution in [0.4, 0.5) is 5.69 Å². The average Bonchev–Trinajstić information content (AvgIpc) is 3.09. The molecule has 20 heavy (non-hydrogen) atoms. The predicted molar refractivity (Wildman–Crippen MR) is 94.1 cm³/mol. The summed E-state index contributed by atoms with van der Waals surface area (Å²) in [6.45, 7) is 0.801. The van der Waals surface area contributed by atoms with E-state index in [9.17, 15) is 0 Å². The third kappa shape index (κ3) is 3.26. The van der Waals surface area contributed by atoms with Crippen LogP contribution in [-0.2, 0) is 6.54 Å². The van der Waals surface area contributed by atoms with E-state index < -0.39 is 0 Å². The van der Waals surface area contributed by atoms with Gasteiger partial charge in [0.2, 0.25) is 0 Å². The molecule has 5 heteroatoms. The zero-order valence-electron chi connectivity index (χ0n) is 10.4. The Morgan fingerprint density at radius 3 is 2.85 bits per heavy atom. The van der Waals surface area contributed by atoms with Gasteiger partial charge in [0.1, 0.15) is 0 Å². The maximum atomic E-state index is 6.01. The summed E-state index contributed by atoms with van der Waals surface area (Å²) in [4.78, 5) is 2.62. The molecule has 0 radical (unpaired) electrons. The Labute approximate surface area is 139 Å². The number of hydrogen-bond acceptors (Lipinski definition) is 3. The molecule has 102 valence electrons. The molecule has 0 fully saturated rings. The zero-order valence-corrected chi connectivity index (χ0v) is 14.4. The van der Waals surface area contributed by atoms with E-state index in [0.29, 0.717) is 0 Å². The molecule has 1 nitrogen and oxygen atoms in total. The summed E-state index contributed by atoms with van der Waals surface area (Å²) in [6, 6.07) is 12.2. The van der Waals surface area contributed by atoms with Crippen molar-refractivity contribution >= 4 is 55.9 Å². The van der Waals surface area contributed by atoms with Crippen LogP contribution in [0.15, 0.2) is 51.6 Å². The second kappa shape index (κ2) is 6.31. The van der Waals surface area contributed by atoms with Gasteiger partial charge >= 0.3 is 0 Å². The highest BCUT2D eigenvalue weighted by Gasteiger charge is 2.05. The fourth-order valence-electron chi connectivity index (χ4n) is 1.86. The van der Waals surface area contributed by atoms with Crippen LogP contribution in [0.5, 0.6) is 0 Å². The van der Waals surface area contributed by atoms with Gasteiger partial charge in [0.25, 0.3) is 0 Å². The standard InChI is InChI=1S/C15H11BrClNS2/c16-13-4-3-11(17)7-14(13)18-8-12-6-10(9-20-12)15-2-1-5-19-15/h1-7,9,18H,8H2. The SMILES string of the molecule is Clc1ccc(Br)c(NCc2cc(-c3cccs3)cs2)c1. The molecule has 0 amide bonds. The second-order valence-electron chi connectivity index (χ2n) is 4.26. The number of halogens is 2. The van der Waals surface area contributed by atoms with Crippen LogP contribution in [0.2, 0.25) is 5.02 Å². The van der Waals surface area contributed by atoms with Gasteiger partial charge in [-0.1, -0.05) is 17.7 Å². The zero-order chi connectivity index (χ0) is 13.9. The van der Waals surface area contributed by atoms with Crippen LogP contribution >= 0.6 is 50.2 Å². The fourth-order valence-corrected chi connectivity index (χ4v) is 4.03. The van der Waals surface area contributed by atoms with Crippen molar-refractivity contribution in [3.63, 3.8) is 0 Å². The quantitative estimate of drug-likeness (QED) is 0.541. The summed E-state index contributed by atoms with van der Waals surface area (Å²) in [5.74, 6) is 0. The Hall–Kier alpha value is -0.810. The first kappa shape index (κ1) is 14.1. The minimum Gasteiger partial charge on any atom is -0.379 e. The van der Waals surface area contributed by atoms with Gasteiger partial charge in [-0.05, 0) is 57.0 Å². The first-order valence-corrected chi connectivity index (χ1v) is 8.95. The lowest BCUT2D eigenvalue weighted by atomic mass is 10.2. The average molecular weight is 385 g/mol. The Bertz CT molecular complexity index is 706. The van der Waals surface area contributed by atoms with Crippen LogP contribution < -0.4 is 5.32 Å². The fraction of sp³-hybridized carbons (Fsp3) is 0.0667.